The predicted molar refractivity (Wildman–Crippen MR) is 30.3 cm³/mol. The van der Waals surface area contributed by atoms with Crippen LogP contribution in [-0.2, 0) is 4.79 Å². The molecule has 0 rings (SSSR count). The molecule has 0 bridgehead atoms. The Hall–Kier alpha value is -1.21. The van der Waals surface area contributed by atoms with Crippen molar-refractivity contribution in [2.75, 3.05) is 0 Å². The molecule has 0 unspecified atom stereocenters. The Morgan fingerprint density at radius 2 is 2.22 bits per heavy atom. The van der Waals surface area contributed by atoms with Gasteiger partial charge in [0.2, 0.25) is 0 Å². The van der Waals surface area contributed by atoms with Crippen LogP contribution >= 0.6 is 11.6 Å². The lowest BCUT2D eigenvalue weighted by molar-refractivity contribution is -0.132. The minimum Gasteiger partial charge on any atom is -0.477 e. The molecule has 0 aliphatic rings. The SMILES string of the molecule is N#C/C(C(=O)O)=C(/N)Cl. The molecular formula is C4H3ClN2O2. The van der Waals surface area contributed by atoms with Gasteiger partial charge in [0.05, 0.1) is 0 Å². The number of nitrogens with zero attached hydrogens (tertiary/aromatic N) is 1. The van der Waals surface area contributed by atoms with Crippen LogP contribution < -0.4 is 5.73 Å². The van der Waals surface area contributed by atoms with Crippen LogP contribution in [0.2, 0.25) is 0 Å². The molecule has 0 atom stereocenters. The molecule has 0 fully saturated rings. The van der Waals surface area contributed by atoms with Gasteiger partial charge in [0.25, 0.3) is 0 Å². The fourth-order valence-corrected chi connectivity index (χ4v) is 0.326. The summed E-state index contributed by atoms with van der Waals surface area (Å²) in [4.78, 5) is 9.93. The van der Waals surface area contributed by atoms with Crippen molar-refractivity contribution in [2.45, 2.75) is 0 Å². The first-order valence-electron chi connectivity index (χ1n) is 1.88. The maximum atomic E-state index is 9.93. The lowest BCUT2D eigenvalue weighted by atomic mass is 10.3. The van der Waals surface area contributed by atoms with E-state index in [0.29, 0.717) is 0 Å². The van der Waals surface area contributed by atoms with Crippen LogP contribution in [0.3, 0.4) is 0 Å². The summed E-state index contributed by atoms with van der Waals surface area (Å²) in [6.07, 6.45) is 0. The summed E-state index contributed by atoms with van der Waals surface area (Å²) in [7, 11) is 0. The van der Waals surface area contributed by atoms with Crippen molar-refractivity contribution in [1.29, 1.82) is 5.26 Å². The highest BCUT2D eigenvalue weighted by Gasteiger charge is 2.08. The molecule has 48 valence electrons. The van der Waals surface area contributed by atoms with Crippen molar-refractivity contribution >= 4 is 17.6 Å². The van der Waals surface area contributed by atoms with Gasteiger partial charge in [0.1, 0.15) is 11.2 Å². The molecule has 0 amide bonds. The van der Waals surface area contributed by atoms with Gasteiger partial charge in [-0.15, -0.1) is 0 Å². The average Bonchev–Trinajstić information content (AvgIpc) is 1.64. The van der Waals surface area contributed by atoms with Crippen molar-refractivity contribution in [2.24, 2.45) is 5.73 Å². The van der Waals surface area contributed by atoms with Crippen molar-refractivity contribution < 1.29 is 9.90 Å². The highest BCUT2D eigenvalue weighted by molar-refractivity contribution is 6.31. The molecule has 5 heteroatoms. The first kappa shape index (κ1) is 7.79. The number of carboxylic acids is 1. The largest absolute Gasteiger partial charge is 0.477 e. The van der Waals surface area contributed by atoms with E-state index in [2.05, 4.69) is 0 Å². The maximum absolute atomic E-state index is 9.93. The maximum Gasteiger partial charge on any atom is 0.349 e. The summed E-state index contributed by atoms with van der Waals surface area (Å²) < 4.78 is 0. The van der Waals surface area contributed by atoms with Gasteiger partial charge < -0.3 is 10.8 Å². The number of rotatable bonds is 1. The van der Waals surface area contributed by atoms with Gasteiger partial charge in [0.15, 0.2) is 5.57 Å². The first-order valence-corrected chi connectivity index (χ1v) is 2.26. The summed E-state index contributed by atoms with van der Waals surface area (Å²) in [5, 5.41) is 15.6. The van der Waals surface area contributed by atoms with Crippen LogP contribution in [0.4, 0.5) is 0 Å². The fourth-order valence-electron chi connectivity index (χ4n) is 0.203. The molecule has 0 saturated heterocycles. The highest BCUT2D eigenvalue weighted by Crippen LogP contribution is 2.00. The van der Waals surface area contributed by atoms with E-state index < -0.39 is 16.7 Å². The minimum atomic E-state index is -1.41. The topological polar surface area (TPSA) is 87.1 Å². The summed E-state index contributed by atoms with van der Waals surface area (Å²) in [6.45, 7) is 0. The predicted octanol–water partition coefficient (Wildman–Crippen LogP) is 0.00368. The average molecular weight is 147 g/mol. The third-order valence-corrected chi connectivity index (χ3v) is 0.753. The van der Waals surface area contributed by atoms with E-state index >= 15 is 0 Å². The monoisotopic (exact) mass is 146 g/mol. The Bertz CT molecular complexity index is 199. The molecule has 0 aromatic rings. The molecule has 4 nitrogen and oxygen atoms in total. The number of halogens is 1. The number of nitrogens with two attached hydrogens (primary N) is 1. The number of nitriles is 1. The number of aliphatic carboxylic acids is 1. The second-order valence-electron chi connectivity index (χ2n) is 1.14. The normalized spacial score (nSPS) is 11.6. The van der Waals surface area contributed by atoms with Crippen LogP contribution in [0.5, 0.6) is 0 Å². The van der Waals surface area contributed by atoms with Crippen LogP contribution in [0.15, 0.2) is 10.7 Å². The third-order valence-electron chi connectivity index (χ3n) is 0.564. The number of carbonyl (C=O) groups is 1. The van der Waals surface area contributed by atoms with E-state index in [1.165, 1.54) is 6.07 Å². The van der Waals surface area contributed by atoms with E-state index in [1.807, 2.05) is 0 Å². The first-order chi connectivity index (χ1) is 4.09. The molecule has 0 aliphatic carbocycles. The van der Waals surface area contributed by atoms with Gasteiger partial charge in [-0.25, -0.2) is 4.79 Å². The van der Waals surface area contributed by atoms with Crippen LogP contribution in [0, 0.1) is 11.3 Å². The number of hydrogen-bond donors (Lipinski definition) is 2. The molecule has 0 aromatic heterocycles. The number of carboxylic acid groups (broad SMARTS) is 1. The highest BCUT2D eigenvalue weighted by atomic mass is 35.5. The molecule has 0 heterocycles. The van der Waals surface area contributed by atoms with E-state index in [-0.39, 0.29) is 0 Å². The van der Waals surface area contributed by atoms with Crippen LogP contribution in [-0.4, -0.2) is 11.1 Å². The summed E-state index contributed by atoms with van der Waals surface area (Å²) in [5.74, 6) is -1.41. The van der Waals surface area contributed by atoms with Crippen LogP contribution in [0.1, 0.15) is 0 Å². The minimum absolute atomic E-state index is 0.495. The van der Waals surface area contributed by atoms with Crippen molar-refractivity contribution in [3.8, 4) is 6.07 Å². The van der Waals surface area contributed by atoms with Gasteiger partial charge in [-0.3, -0.25) is 0 Å². The molecule has 0 aliphatic heterocycles. The molecule has 0 spiro atoms. The smallest absolute Gasteiger partial charge is 0.349 e. The van der Waals surface area contributed by atoms with Gasteiger partial charge in [0, 0.05) is 0 Å². The van der Waals surface area contributed by atoms with Gasteiger partial charge >= 0.3 is 5.97 Å². The second-order valence-corrected chi connectivity index (χ2v) is 1.55. The van der Waals surface area contributed by atoms with Crippen LogP contribution in [0.25, 0.3) is 0 Å². The summed E-state index contributed by atoms with van der Waals surface area (Å²) in [5.41, 5.74) is 4.16. The third kappa shape index (κ3) is 2.02. The van der Waals surface area contributed by atoms with Crippen molar-refractivity contribution in [3.63, 3.8) is 0 Å². The zero-order valence-electron chi connectivity index (χ0n) is 4.26. The zero-order chi connectivity index (χ0) is 7.44. The van der Waals surface area contributed by atoms with E-state index in [0.717, 1.165) is 0 Å². The molecule has 0 saturated carbocycles. The standard InChI is InChI=1S/C4H3ClN2O2/c5-3(7)2(1-6)4(8)9/h7H2,(H,8,9)/b3-2-. The Morgan fingerprint density at radius 1 is 1.78 bits per heavy atom. The zero-order valence-corrected chi connectivity index (χ0v) is 5.01. The summed E-state index contributed by atoms with van der Waals surface area (Å²) >= 11 is 4.99. The Balaban J connectivity index is 4.62. The Kier molecular flexibility index (Phi) is 2.55. The number of hydrogen-bond acceptors (Lipinski definition) is 3. The molecule has 0 radical (unpaired) electrons. The van der Waals surface area contributed by atoms with E-state index in [9.17, 15) is 4.79 Å². The van der Waals surface area contributed by atoms with Gasteiger partial charge in [-0.1, -0.05) is 11.6 Å². The van der Waals surface area contributed by atoms with E-state index in [4.69, 9.17) is 27.7 Å². The molecule has 9 heavy (non-hydrogen) atoms. The fraction of sp³-hybridized carbons (Fsp3) is 0. The van der Waals surface area contributed by atoms with Crippen molar-refractivity contribution in [1.82, 2.24) is 0 Å². The molecule has 3 N–H and O–H groups in total. The van der Waals surface area contributed by atoms with Crippen molar-refractivity contribution in [3.05, 3.63) is 10.7 Å². The van der Waals surface area contributed by atoms with Gasteiger partial charge in [-0.05, 0) is 0 Å². The lowest BCUT2D eigenvalue weighted by Gasteiger charge is -1.87. The lowest BCUT2D eigenvalue weighted by Crippen LogP contribution is -2.04. The quantitative estimate of drug-likeness (QED) is 0.310. The molecule has 0 aromatic carbocycles. The van der Waals surface area contributed by atoms with Gasteiger partial charge in [-0.2, -0.15) is 5.26 Å². The molecular weight excluding hydrogens is 144 g/mol. The second kappa shape index (κ2) is 2.95. The Labute approximate surface area is 56.1 Å². The van der Waals surface area contributed by atoms with E-state index in [1.54, 1.807) is 0 Å². The summed E-state index contributed by atoms with van der Waals surface area (Å²) in [6, 6.07) is 1.32. The Morgan fingerprint density at radius 3 is 2.22 bits per heavy atom.